The van der Waals surface area contributed by atoms with Crippen molar-refractivity contribution >= 4 is 22.7 Å². The highest BCUT2D eigenvalue weighted by molar-refractivity contribution is 5.96. The predicted molar refractivity (Wildman–Crippen MR) is 111 cm³/mol. The zero-order chi connectivity index (χ0) is 20.0. The maximum atomic E-state index is 12.9. The molecule has 2 amide bonds. The van der Waals surface area contributed by atoms with Crippen molar-refractivity contribution in [2.24, 2.45) is 5.41 Å². The highest BCUT2D eigenvalue weighted by atomic mass is 16.2. The Kier molecular flexibility index (Phi) is 4.15. The van der Waals surface area contributed by atoms with Gasteiger partial charge in [0.25, 0.3) is 5.91 Å². The van der Waals surface area contributed by atoms with Crippen molar-refractivity contribution in [1.82, 2.24) is 20.0 Å². The van der Waals surface area contributed by atoms with Gasteiger partial charge >= 0.3 is 0 Å². The summed E-state index contributed by atoms with van der Waals surface area (Å²) in [6.07, 6.45) is 1.98. The maximum Gasteiger partial charge on any atom is 0.253 e. The number of rotatable bonds is 3. The number of hydrogen-bond acceptors (Lipinski definition) is 3. The third-order valence-corrected chi connectivity index (χ3v) is 6.25. The monoisotopic (exact) mass is 388 g/mol. The summed E-state index contributed by atoms with van der Waals surface area (Å²) >= 11 is 0. The van der Waals surface area contributed by atoms with Crippen LogP contribution < -0.4 is 0 Å². The smallest absolute Gasteiger partial charge is 0.253 e. The summed E-state index contributed by atoms with van der Waals surface area (Å²) in [6, 6.07) is 15.6. The molecule has 6 nitrogen and oxygen atoms in total. The molecule has 1 saturated heterocycles. The third-order valence-electron chi connectivity index (χ3n) is 6.25. The SMILES string of the molecule is CC1(C(=O)N2CCN(C(=O)c3ccc(-c4n[nH]c5ccccc45)cc3)CC2)CC1. The minimum atomic E-state index is -0.140. The zero-order valence-electron chi connectivity index (χ0n) is 16.5. The van der Waals surface area contributed by atoms with Crippen molar-refractivity contribution in [3.05, 3.63) is 54.1 Å². The topological polar surface area (TPSA) is 69.3 Å². The molecule has 1 N–H and O–H groups in total. The number of nitrogens with one attached hydrogen (secondary N) is 1. The number of nitrogens with zero attached hydrogens (tertiary/aromatic N) is 3. The lowest BCUT2D eigenvalue weighted by molar-refractivity contribution is -0.137. The molecule has 148 valence electrons. The van der Waals surface area contributed by atoms with Crippen LogP contribution in [0.2, 0.25) is 0 Å². The van der Waals surface area contributed by atoms with Gasteiger partial charge in [-0.25, -0.2) is 0 Å². The Hall–Kier alpha value is -3.15. The molecule has 2 aromatic carbocycles. The van der Waals surface area contributed by atoms with Crippen molar-refractivity contribution in [1.29, 1.82) is 0 Å². The first-order valence-corrected chi connectivity index (χ1v) is 10.2. The molecule has 2 heterocycles. The third kappa shape index (κ3) is 3.18. The predicted octanol–water partition coefficient (Wildman–Crippen LogP) is 3.31. The van der Waals surface area contributed by atoms with E-state index in [4.69, 9.17) is 0 Å². The minimum absolute atomic E-state index is 0.0215. The van der Waals surface area contributed by atoms with Crippen LogP contribution in [0.4, 0.5) is 0 Å². The standard InChI is InChI=1S/C23H24N4O2/c1-23(10-11-23)22(29)27-14-12-26(13-15-27)21(28)17-8-6-16(7-9-17)20-18-4-2-3-5-19(18)24-25-20/h2-9H,10-15H2,1H3,(H,24,25). The highest BCUT2D eigenvalue weighted by Gasteiger charge is 2.47. The summed E-state index contributed by atoms with van der Waals surface area (Å²) < 4.78 is 0. The van der Waals surface area contributed by atoms with Crippen molar-refractivity contribution in [3.63, 3.8) is 0 Å². The van der Waals surface area contributed by atoms with Crippen LogP contribution >= 0.6 is 0 Å². The van der Waals surface area contributed by atoms with E-state index in [1.54, 1.807) is 0 Å². The molecule has 3 aromatic rings. The van der Waals surface area contributed by atoms with E-state index in [1.165, 1.54) is 0 Å². The van der Waals surface area contributed by atoms with Gasteiger partial charge in [-0.05, 0) is 31.0 Å². The number of fused-ring (bicyclic) bond motifs is 1. The fourth-order valence-electron chi connectivity index (χ4n) is 4.03. The van der Waals surface area contributed by atoms with Crippen molar-refractivity contribution in [3.8, 4) is 11.3 Å². The second-order valence-corrected chi connectivity index (χ2v) is 8.34. The van der Waals surface area contributed by atoms with Crippen molar-refractivity contribution < 1.29 is 9.59 Å². The molecule has 0 atom stereocenters. The van der Waals surface area contributed by atoms with Crippen LogP contribution in [0.25, 0.3) is 22.2 Å². The van der Waals surface area contributed by atoms with Crippen molar-refractivity contribution in [2.75, 3.05) is 26.2 Å². The largest absolute Gasteiger partial charge is 0.339 e. The Labute approximate surface area is 169 Å². The lowest BCUT2D eigenvalue weighted by Gasteiger charge is -2.36. The summed E-state index contributed by atoms with van der Waals surface area (Å²) in [5.74, 6) is 0.272. The molecule has 29 heavy (non-hydrogen) atoms. The Morgan fingerprint density at radius 3 is 2.28 bits per heavy atom. The van der Waals surface area contributed by atoms with E-state index in [1.807, 2.05) is 65.3 Å². The Morgan fingerprint density at radius 1 is 0.931 bits per heavy atom. The molecule has 6 heteroatoms. The van der Waals surface area contributed by atoms with Gasteiger partial charge in [0, 0.05) is 48.1 Å². The number of H-pyrrole nitrogens is 1. The number of carbonyl (C=O) groups excluding carboxylic acids is 2. The van der Waals surface area contributed by atoms with Gasteiger partial charge in [0.05, 0.1) is 11.2 Å². The molecule has 2 aliphatic rings. The van der Waals surface area contributed by atoms with Crippen LogP contribution in [0.1, 0.15) is 30.1 Å². The number of aromatic nitrogens is 2. The van der Waals surface area contributed by atoms with E-state index in [-0.39, 0.29) is 17.2 Å². The number of hydrogen-bond donors (Lipinski definition) is 1. The molecular formula is C23H24N4O2. The first-order chi connectivity index (χ1) is 14.0. The Bertz CT molecular complexity index is 1070. The summed E-state index contributed by atoms with van der Waals surface area (Å²) in [6.45, 7) is 4.46. The first kappa shape index (κ1) is 17.9. The average Bonchev–Trinajstić information content (AvgIpc) is 3.38. The van der Waals surface area contributed by atoms with Gasteiger partial charge in [-0.2, -0.15) is 5.10 Å². The lowest BCUT2D eigenvalue weighted by atomic mass is 10.0. The summed E-state index contributed by atoms with van der Waals surface area (Å²) in [5.41, 5.74) is 3.39. The van der Waals surface area contributed by atoms with E-state index in [2.05, 4.69) is 10.2 Å². The summed E-state index contributed by atoms with van der Waals surface area (Å²) in [7, 11) is 0. The molecule has 1 aliphatic heterocycles. The lowest BCUT2D eigenvalue weighted by Crippen LogP contribution is -2.52. The molecule has 2 fully saturated rings. The number of amides is 2. The first-order valence-electron chi connectivity index (χ1n) is 10.2. The fourth-order valence-corrected chi connectivity index (χ4v) is 4.03. The Balaban J connectivity index is 1.27. The maximum absolute atomic E-state index is 12.9. The second-order valence-electron chi connectivity index (χ2n) is 8.34. The van der Waals surface area contributed by atoms with E-state index in [0.29, 0.717) is 31.7 Å². The minimum Gasteiger partial charge on any atom is -0.339 e. The van der Waals surface area contributed by atoms with Crippen LogP contribution in [-0.2, 0) is 4.79 Å². The van der Waals surface area contributed by atoms with Gasteiger partial charge in [0.2, 0.25) is 5.91 Å². The number of piperazine rings is 1. The van der Waals surface area contributed by atoms with Crippen molar-refractivity contribution in [2.45, 2.75) is 19.8 Å². The van der Waals surface area contributed by atoms with Crippen LogP contribution in [0, 0.1) is 5.41 Å². The number of carbonyl (C=O) groups is 2. The molecule has 0 spiro atoms. The van der Waals surface area contributed by atoms with E-state index in [0.717, 1.165) is 35.0 Å². The van der Waals surface area contributed by atoms with Crippen LogP contribution in [-0.4, -0.2) is 58.0 Å². The van der Waals surface area contributed by atoms with Crippen LogP contribution in [0.3, 0.4) is 0 Å². The molecule has 5 rings (SSSR count). The van der Waals surface area contributed by atoms with Gasteiger partial charge in [-0.15, -0.1) is 0 Å². The van der Waals surface area contributed by atoms with Gasteiger partial charge < -0.3 is 9.80 Å². The second kappa shape index (κ2) is 6.72. The molecule has 0 bridgehead atoms. The van der Waals surface area contributed by atoms with E-state index < -0.39 is 0 Å². The average molecular weight is 388 g/mol. The fraction of sp³-hybridized carbons (Fsp3) is 0.348. The normalized spacial score (nSPS) is 18.1. The van der Waals surface area contributed by atoms with Gasteiger partial charge in [-0.1, -0.05) is 37.3 Å². The Morgan fingerprint density at radius 2 is 1.59 bits per heavy atom. The molecule has 1 aromatic heterocycles. The number of aromatic amines is 1. The van der Waals surface area contributed by atoms with Gasteiger partial charge in [0.1, 0.15) is 0 Å². The highest BCUT2D eigenvalue weighted by Crippen LogP contribution is 2.46. The summed E-state index contributed by atoms with van der Waals surface area (Å²) in [5, 5.41) is 8.53. The van der Waals surface area contributed by atoms with E-state index in [9.17, 15) is 9.59 Å². The van der Waals surface area contributed by atoms with E-state index >= 15 is 0 Å². The molecule has 1 saturated carbocycles. The number of para-hydroxylation sites is 1. The zero-order valence-corrected chi connectivity index (χ0v) is 16.5. The van der Waals surface area contributed by atoms with Gasteiger partial charge in [-0.3, -0.25) is 14.7 Å². The van der Waals surface area contributed by atoms with Crippen LogP contribution in [0.5, 0.6) is 0 Å². The quantitative estimate of drug-likeness (QED) is 0.748. The summed E-state index contributed by atoms with van der Waals surface area (Å²) in [4.78, 5) is 29.1. The molecule has 1 aliphatic carbocycles. The molecule has 0 unspecified atom stereocenters. The molecular weight excluding hydrogens is 364 g/mol. The van der Waals surface area contributed by atoms with Crippen LogP contribution in [0.15, 0.2) is 48.5 Å². The number of benzene rings is 2. The molecule has 0 radical (unpaired) electrons. The van der Waals surface area contributed by atoms with Gasteiger partial charge in [0.15, 0.2) is 0 Å².